The van der Waals surface area contributed by atoms with Crippen molar-refractivity contribution in [1.29, 1.82) is 0 Å². The van der Waals surface area contributed by atoms with Gasteiger partial charge in [-0.1, -0.05) is 19.1 Å². The van der Waals surface area contributed by atoms with E-state index >= 15 is 0 Å². The molecule has 174 valence electrons. The Morgan fingerprint density at radius 3 is 2.55 bits per heavy atom. The van der Waals surface area contributed by atoms with E-state index in [0.29, 0.717) is 24.3 Å². The molecular formula is C22H24F3N7O. The number of hydrogen-bond acceptors (Lipinski definition) is 6. The summed E-state index contributed by atoms with van der Waals surface area (Å²) < 4.78 is 38.3. The van der Waals surface area contributed by atoms with Crippen molar-refractivity contribution in [2.24, 2.45) is 5.92 Å². The zero-order chi connectivity index (χ0) is 23.6. The second kappa shape index (κ2) is 9.16. The van der Waals surface area contributed by atoms with E-state index in [4.69, 9.17) is 0 Å². The molecule has 1 amide bonds. The molecule has 0 bridgehead atoms. The molecule has 0 spiro atoms. The number of likely N-dealkylation sites (tertiary alicyclic amines) is 1. The van der Waals surface area contributed by atoms with Gasteiger partial charge in [-0.15, -0.1) is 0 Å². The molecule has 8 nitrogen and oxygen atoms in total. The number of piperidine rings is 1. The standard InChI is InChI=1S/C22H24F3N7O/c1-14-6-4-10-31(18(14)13-28-21-26-11-16(12-27-21)22(23,24)25)20(33)17-7-3-5-15(2)19(17)32-29-8-9-30-32/h3,5,7-9,11-12,14,18H,4,6,10,13H2,1-2H3,(H,26,27,28). The SMILES string of the molecule is Cc1cccc(C(=O)N2CCCC(C)C2CNc2ncc(C(F)(F)F)cn2)c1-n1nccn1. The second-order valence-electron chi connectivity index (χ2n) is 8.15. The van der Waals surface area contributed by atoms with Gasteiger partial charge in [-0.25, -0.2) is 9.97 Å². The molecule has 0 aliphatic carbocycles. The molecule has 1 aliphatic rings. The summed E-state index contributed by atoms with van der Waals surface area (Å²) >= 11 is 0. The number of nitrogens with zero attached hydrogens (tertiary/aromatic N) is 6. The van der Waals surface area contributed by atoms with Crippen molar-refractivity contribution in [3.05, 3.63) is 59.7 Å². The Morgan fingerprint density at radius 2 is 1.88 bits per heavy atom. The summed E-state index contributed by atoms with van der Waals surface area (Å²) in [6.07, 6.45) is 1.92. The van der Waals surface area contributed by atoms with Crippen LogP contribution in [0.25, 0.3) is 5.69 Å². The van der Waals surface area contributed by atoms with Crippen molar-refractivity contribution in [1.82, 2.24) is 29.9 Å². The molecule has 2 aromatic heterocycles. The van der Waals surface area contributed by atoms with Crippen molar-refractivity contribution in [2.45, 2.75) is 38.9 Å². The third-order valence-corrected chi connectivity index (χ3v) is 5.91. The number of amides is 1. The van der Waals surface area contributed by atoms with E-state index in [1.807, 2.05) is 24.0 Å². The van der Waals surface area contributed by atoms with Gasteiger partial charge in [-0.3, -0.25) is 4.79 Å². The first-order chi connectivity index (χ1) is 15.8. The second-order valence-corrected chi connectivity index (χ2v) is 8.15. The molecule has 2 atom stereocenters. The van der Waals surface area contributed by atoms with E-state index < -0.39 is 11.7 Å². The lowest BCUT2D eigenvalue weighted by Gasteiger charge is -2.40. The van der Waals surface area contributed by atoms with Crippen molar-refractivity contribution in [3.8, 4) is 5.69 Å². The number of halogens is 3. The van der Waals surface area contributed by atoms with Gasteiger partial charge in [0.25, 0.3) is 5.91 Å². The fourth-order valence-corrected chi connectivity index (χ4v) is 4.16. The fourth-order valence-electron chi connectivity index (χ4n) is 4.16. The highest BCUT2D eigenvalue weighted by atomic mass is 19.4. The van der Waals surface area contributed by atoms with Crippen LogP contribution in [0.4, 0.5) is 19.1 Å². The number of carbonyl (C=O) groups is 1. The van der Waals surface area contributed by atoms with Gasteiger partial charge in [0, 0.05) is 25.5 Å². The maximum Gasteiger partial charge on any atom is 0.419 e. The highest BCUT2D eigenvalue weighted by molar-refractivity contribution is 5.98. The van der Waals surface area contributed by atoms with E-state index in [0.717, 1.165) is 30.8 Å². The Hall–Kier alpha value is -3.50. The Bertz CT molecular complexity index is 1100. The van der Waals surface area contributed by atoms with Gasteiger partial charge in [-0.2, -0.15) is 28.2 Å². The molecule has 3 heterocycles. The van der Waals surface area contributed by atoms with E-state index in [1.54, 1.807) is 18.5 Å². The normalized spacial score (nSPS) is 18.9. The zero-order valence-electron chi connectivity index (χ0n) is 18.3. The third kappa shape index (κ3) is 4.81. The third-order valence-electron chi connectivity index (χ3n) is 5.91. The Morgan fingerprint density at radius 1 is 1.18 bits per heavy atom. The Balaban J connectivity index is 1.56. The van der Waals surface area contributed by atoms with Gasteiger partial charge in [0.1, 0.15) is 5.69 Å². The minimum Gasteiger partial charge on any atom is -0.352 e. The first-order valence-corrected chi connectivity index (χ1v) is 10.7. The number of nitrogens with one attached hydrogen (secondary N) is 1. The first-order valence-electron chi connectivity index (χ1n) is 10.7. The number of hydrogen-bond donors (Lipinski definition) is 1. The van der Waals surface area contributed by atoms with Crippen molar-refractivity contribution in [3.63, 3.8) is 0 Å². The Labute approximate surface area is 188 Å². The number of aryl methyl sites for hydroxylation is 1. The predicted octanol–water partition coefficient (Wildman–Crippen LogP) is 3.74. The van der Waals surface area contributed by atoms with E-state index in [9.17, 15) is 18.0 Å². The molecule has 1 fully saturated rings. The maximum absolute atomic E-state index is 13.7. The van der Waals surface area contributed by atoms with Gasteiger partial charge in [-0.05, 0) is 37.3 Å². The van der Waals surface area contributed by atoms with Crippen LogP contribution in [0.15, 0.2) is 43.0 Å². The number of rotatable bonds is 5. The lowest BCUT2D eigenvalue weighted by molar-refractivity contribution is -0.138. The largest absolute Gasteiger partial charge is 0.419 e. The van der Waals surface area contributed by atoms with Crippen LogP contribution < -0.4 is 5.32 Å². The van der Waals surface area contributed by atoms with E-state index in [1.165, 1.54) is 4.80 Å². The quantitative estimate of drug-likeness (QED) is 0.625. The number of benzene rings is 1. The summed E-state index contributed by atoms with van der Waals surface area (Å²) in [6.45, 7) is 4.85. The highest BCUT2D eigenvalue weighted by Gasteiger charge is 2.34. The minimum atomic E-state index is -4.49. The average molecular weight is 459 g/mol. The van der Waals surface area contributed by atoms with Crippen molar-refractivity contribution < 1.29 is 18.0 Å². The van der Waals surface area contributed by atoms with Crippen LogP contribution in [0.1, 0.15) is 41.3 Å². The topological polar surface area (TPSA) is 88.8 Å². The maximum atomic E-state index is 13.7. The fraction of sp³-hybridized carbons (Fsp3) is 0.409. The number of alkyl halides is 3. The summed E-state index contributed by atoms with van der Waals surface area (Å²) in [5.74, 6) is 0.128. The number of aromatic nitrogens is 5. The number of anilines is 1. The summed E-state index contributed by atoms with van der Waals surface area (Å²) in [7, 11) is 0. The molecule has 3 aromatic rings. The summed E-state index contributed by atoms with van der Waals surface area (Å²) in [6, 6.07) is 5.30. The lowest BCUT2D eigenvalue weighted by atomic mass is 9.89. The van der Waals surface area contributed by atoms with Gasteiger partial charge in [0.15, 0.2) is 0 Å². The van der Waals surface area contributed by atoms with Crippen molar-refractivity contribution in [2.75, 3.05) is 18.4 Å². The average Bonchev–Trinajstić information content (AvgIpc) is 3.31. The van der Waals surface area contributed by atoms with Crippen LogP contribution in [-0.4, -0.2) is 54.9 Å². The monoisotopic (exact) mass is 459 g/mol. The molecule has 1 aromatic carbocycles. The smallest absolute Gasteiger partial charge is 0.352 e. The lowest BCUT2D eigenvalue weighted by Crippen LogP contribution is -2.51. The molecule has 0 saturated carbocycles. The molecular weight excluding hydrogens is 435 g/mol. The predicted molar refractivity (Wildman–Crippen MR) is 115 cm³/mol. The number of para-hydroxylation sites is 1. The zero-order valence-corrected chi connectivity index (χ0v) is 18.3. The summed E-state index contributed by atoms with van der Waals surface area (Å²) in [4.78, 5) is 24.5. The summed E-state index contributed by atoms with van der Waals surface area (Å²) in [5.41, 5.74) is 1.09. The molecule has 1 saturated heterocycles. The van der Waals surface area contributed by atoms with Crippen LogP contribution in [-0.2, 0) is 6.18 Å². The van der Waals surface area contributed by atoms with Crippen LogP contribution in [0.2, 0.25) is 0 Å². The number of carbonyl (C=O) groups excluding carboxylic acids is 1. The molecule has 33 heavy (non-hydrogen) atoms. The van der Waals surface area contributed by atoms with Gasteiger partial charge < -0.3 is 10.2 Å². The molecule has 1 aliphatic heterocycles. The van der Waals surface area contributed by atoms with Gasteiger partial charge >= 0.3 is 6.18 Å². The van der Waals surface area contributed by atoms with Gasteiger partial charge in [0.2, 0.25) is 5.95 Å². The van der Waals surface area contributed by atoms with Crippen LogP contribution in [0.5, 0.6) is 0 Å². The first kappa shape index (κ1) is 22.7. The van der Waals surface area contributed by atoms with E-state index in [2.05, 4.69) is 32.4 Å². The Kier molecular flexibility index (Phi) is 6.30. The van der Waals surface area contributed by atoms with Gasteiger partial charge in [0.05, 0.1) is 29.6 Å². The molecule has 4 rings (SSSR count). The molecule has 0 radical (unpaired) electrons. The summed E-state index contributed by atoms with van der Waals surface area (Å²) in [5, 5.41) is 11.4. The van der Waals surface area contributed by atoms with Crippen LogP contribution >= 0.6 is 0 Å². The van der Waals surface area contributed by atoms with Crippen LogP contribution in [0, 0.1) is 12.8 Å². The molecule has 11 heteroatoms. The minimum absolute atomic E-state index is 0.0881. The molecule has 1 N–H and O–H groups in total. The highest BCUT2D eigenvalue weighted by Crippen LogP contribution is 2.29. The van der Waals surface area contributed by atoms with Crippen molar-refractivity contribution >= 4 is 11.9 Å². The molecule has 2 unspecified atom stereocenters. The van der Waals surface area contributed by atoms with E-state index in [-0.39, 0.29) is 23.8 Å². The van der Waals surface area contributed by atoms with Crippen LogP contribution in [0.3, 0.4) is 0 Å².